The maximum atomic E-state index is 12.5. The van der Waals surface area contributed by atoms with Gasteiger partial charge in [0.05, 0.1) is 34.5 Å². The summed E-state index contributed by atoms with van der Waals surface area (Å²) < 4.78 is 27.9. The minimum atomic E-state index is -3.47. The van der Waals surface area contributed by atoms with Crippen molar-refractivity contribution in [3.8, 4) is 22.6 Å². The fourth-order valence-electron chi connectivity index (χ4n) is 5.45. The van der Waals surface area contributed by atoms with E-state index in [9.17, 15) is 13.5 Å². The zero-order chi connectivity index (χ0) is 29.5. The molecule has 2 saturated carbocycles. The highest BCUT2D eigenvalue weighted by molar-refractivity contribution is 7.90. The Morgan fingerprint density at radius 3 is 2.57 bits per heavy atom. The third-order valence-electron chi connectivity index (χ3n) is 7.72. The molecule has 0 unspecified atom stereocenters. The summed E-state index contributed by atoms with van der Waals surface area (Å²) in [6, 6.07) is 5.81. The summed E-state index contributed by atoms with van der Waals surface area (Å²) in [4.78, 5) is 15.6. The van der Waals surface area contributed by atoms with Gasteiger partial charge in [-0.2, -0.15) is 14.3 Å². The van der Waals surface area contributed by atoms with Crippen LogP contribution in [0.4, 0.5) is 17.3 Å². The fraction of sp³-hybridized carbons (Fsp3) is 0.464. The number of hydrogen-bond donors (Lipinski definition) is 3. The van der Waals surface area contributed by atoms with Gasteiger partial charge in [0.25, 0.3) is 10.0 Å². The van der Waals surface area contributed by atoms with Gasteiger partial charge in [-0.05, 0) is 64.8 Å². The maximum Gasteiger partial charge on any atom is 0.256 e. The van der Waals surface area contributed by atoms with E-state index in [4.69, 9.17) is 0 Å². The molecule has 13 nitrogen and oxygen atoms in total. The summed E-state index contributed by atoms with van der Waals surface area (Å²) in [5.41, 5.74) is 2.41. The molecule has 0 spiro atoms. The normalized spacial score (nSPS) is 21.0. The average molecular weight is 593 g/mol. The minimum Gasteiger partial charge on any atom is -0.389 e. The molecule has 3 N–H and O–H groups in total. The van der Waals surface area contributed by atoms with E-state index in [2.05, 4.69) is 35.8 Å². The highest BCUT2D eigenvalue weighted by atomic mass is 32.2. The van der Waals surface area contributed by atoms with Gasteiger partial charge >= 0.3 is 0 Å². The molecule has 4 aromatic rings. The smallest absolute Gasteiger partial charge is 0.256 e. The van der Waals surface area contributed by atoms with Crippen molar-refractivity contribution >= 4 is 27.3 Å². The van der Waals surface area contributed by atoms with Crippen LogP contribution in [0.3, 0.4) is 0 Å². The van der Waals surface area contributed by atoms with Gasteiger partial charge in [0.15, 0.2) is 5.82 Å². The number of rotatable bonds is 10. The lowest BCUT2D eigenvalue weighted by Gasteiger charge is -2.38. The molecule has 2 aliphatic rings. The lowest BCUT2D eigenvalue weighted by molar-refractivity contribution is -0.0183. The first-order valence-corrected chi connectivity index (χ1v) is 15.6. The van der Waals surface area contributed by atoms with Crippen molar-refractivity contribution in [3.05, 3.63) is 49.2 Å². The quantitative estimate of drug-likeness (QED) is 0.249. The Kier molecular flexibility index (Phi) is 7.45. The summed E-state index contributed by atoms with van der Waals surface area (Å²) in [6.45, 7) is 0.653. The van der Waals surface area contributed by atoms with Crippen molar-refractivity contribution in [1.82, 2.24) is 38.8 Å². The van der Waals surface area contributed by atoms with E-state index in [0.717, 1.165) is 46.7 Å². The van der Waals surface area contributed by atoms with Crippen LogP contribution in [-0.2, 0) is 17.1 Å². The van der Waals surface area contributed by atoms with Crippen molar-refractivity contribution in [3.63, 3.8) is 0 Å². The van der Waals surface area contributed by atoms with Crippen LogP contribution in [0.5, 0.6) is 0 Å². The Labute approximate surface area is 245 Å². The molecule has 42 heavy (non-hydrogen) atoms. The van der Waals surface area contributed by atoms with Gasteiger partial charge in [0, 0.05) is 55.5 Å². The molecule has 0 atom stereocenters. The summed E-state index contributed by atoms with van der Waals surface area (Å²) in [7, 11) is 2.38. The zero-order valence-corrected chi connectivity index (χ0v) is 24.8. The second-order valence-electron chi connectivity index (χ2n) is 11.6. The summed E-state index contributed by atoms with van der Waals surface area (Å²) >= 11 is 0. The van der Waals surface area contributed by atoms with Crippen LogP contribution in [0.25, 0.3) is 22.6 Å². The topological polar surface area (TPSA) is 156 Å². The maximum absolute atomic E-state index is 12.5. The summed E-state index contributed by atoms with van der Waals surface area (Å²) in [6.07, 6.45) is 12.7. The van der Waals surface area contributed by atoms with E-state index < -0.39 is 15.6 Å². The Bertz CT molecular complexity index is 1670. The number of nitrogens with zero attached hydrogens (tertiary/aromatic N) is 8. The average Bonchev–Trinajstić information content (AvgIpc) is 3.54. The molecule has 14 heteroatoms. The van der Waals surface area contributed by atoms with Gasteiger partial charge in [0.1, 0.15) is 11.6 Å². The monoisotopic (exact) mass is 592 g/mol. The lowest BCUT2D eigenvalue weighted by atomic mass is 9.81. The van der Waals surface area contributed by atoms with Crippen molar-refractivity contribution in [2.24, 2.45) is 7.05 Å². The van der Waals surface area contributed by atoms with Crippen molar-refractivity contribution < 1.29 is 13.5 Å². The first kappa shape index (κ1) is 28.2. The van der Waals surface area contributed by atoms with Crippen LogP contribution in [0.1, 0.15) is 38.5 Å². The number of nitrogens with one attached hydrogen (secondary N) is 2. The van der Waals surface area contributed by atoms with Gasteiger partial charge in [-0.1, -0.05) is 0 Å². The number of aliphatic hydroxyl groups is 1. The van der Waals surface area contributed by atoms with Gasteiger partial charge in [-0.15, -0.1) is 0 Å². The standard InChI is InChI=1S/C28H36N10O3S/c1-36(2)18-28(39)10-6-20(7-11-28)32-24-14-26(30-16-22(24)23-9-13-37(3)35-23)33-25-8-12-29-27(34-25)19-15-31-38(17-19)42(40,41)21-4-5-21/h8-9,12-17,20-21,39H,4-7,10-11,18H2,1-3H3,(H2,29,30,32,33,34). The molecule has 0 radical (unpaired) electrons. The number of pyridine rings is 1. The molecule has 0 aromatic carbocycles. The van der Waals surface area contributed by atoms with Gasteiger partial charge in [-0.3, -0.25) is 4.68 Å². The molecule has 0 saturated heterocycles. The third-order valence-corrected chi connectivity index (χ3v) is 9.75. The van der Waals surface area contributed by atoms with E-state index in [1.165, 1.54) is 12.4 Å². The second kappa shape index (κ2) is 11.1. The molecular weight excluding hydrogens is 556 g/mol. The highest BCUT2D eigenvalue weighted by Crippen LogP contribution is 2.35. The van der Waals surface area contributed by atoms with E-state index >= 15 is 0 Å². The number of likely N-dealkylation sites (N-methyl/N-ethyl adjacent to an activating group) is 1. The van der Waals surface area contributed by atoms with Crippen LogP contribution in [-0.4, -0.2) is 89.9 Å². The largest absolute Gasteiger partial charge is 0.389 e. The van der Waals surface area contributed by atoms with Crippen molar-refractivity contribution in [2.75, 3.05) is 31.3 Å². The molecule has 0 amide bonds. The Morgan fingerprint density at radius 2 is 1.88 bits per heavy atom. The molecule has 6 rings (SSSR count). The van der Waals surface area contributed by atoms with Crippen LogP contribution in [0.15, 0.2) is 49.2 Å². The van der Waals surface area contributed by atoms with Gasteiger partial charge in [0.2, 0.25) is 0 Å². The minimum absolute atomic E-state index is 0.194. The predicted molar refractivity (Wildman–Crippen MR) is 160 cm³/mol. The van der Waals surface area contributed by atoms with Crippen LogP contribution >= 0.6 is 0 Å². The lowest BCUT2D eigenvalue weighted by Crippen LogP contribution is -2.45. The zero-order valence-electron chi connectivity index (χ0n) is 24.0. The Balaban J connectivity index is 1.22. The van der Waals surface area contributed by atoms with E-state index in [-0.39, 0.29) is 11.3 Å². The molecule has 222 valence electrons. The molecule has 4 aromatic heterocycles. The van der Waals surface area contributed by atoms with E-state index in [0.29, 0.717) is 42.4 Å². The summed E-state index contributed by atoms with van der Waals surface area (Å²) in [5.74, 6) is 1.44. The Morgan fingerprint density at radius 1 is 1.10 bits per heavy atom. The van der Waals surface area contributed by atoms with Crippen molar-refractivity contribution in [2.45, 2.75) is 55.4 Å². The molecule has 2 aliphatic carbocycles. The SMILES string of the molecule is CN(C)CC1(O)CCC(Nc2cc(Nc3ccnc(-c4cnn(S(=O)(=O)C5CC5)c4)n3)ncc2-c2ccn(C)n2)CC1. The van der Waals surface area contributed by atoms with Crippen LogP contribution in [0, 0.1) is 0 Å². The fourth-order valence-corrected chi connectivity index (χ4v) is 6.93. The molecule has 0 bridgehead atoms. The number of aryl methyl sites for hydroxylation is 1. The first-order chi connectivity index (χ1) is 20.1. The third kappa shape index (κ3) is 6.15. The number of anilines is 3. The highest BCUT2D eigenvalue weighted by Gasteiger charge is 2.38. The van der Waals surface area contributed by atoms with Crippen molar-refractivity contribution in [1.29, 1.82) is 0 Å². The number of aromatic nitrogens is 7. The van der Waals surface area contributed by atoms with E-state index in [1.54, 1.807) is 23.1 Å². The predicted octanol–water partition coefficient (Wildman–Crippen LogP) is 2.87. The number of hydrogen-bond acceptors (Lipinski definition) is 11. The molecular formula is C28H36N10O3S. The second-order valence-corrected chi connectivity index (χ2v) is 13.7. The van der Waals surface area contributed by atoms with Gasteiger partial charge < -0.3 is 20.6 Å². The van der Waals surface area contributed by atoms with E-state index in [1.807, 2.05) is 44.4 Å². The van der Waals surface area contributed by atoms with Crippen LogP contribution in [0.2, 0.25) is 0 Å². The molecule has 4 heterocycles. The first-order valence-electron chi connectivity index (χ1n) is 14.1. The molecule has 2 fully saturated rings. The Hall–Kier alpha value is -3.88. The molecule has 0 aliphatic heterocycles. The van der Waals surface area contributed by atoms with Gasteiger partial charge in [-0.25, -0.2) is 23.4 Å². The van der Waals surface area contributed by atoms with Crippen LogP contribution < -0.4 is 10.6 Å². The summed E-state index contributed by atoms with van der Waals surface area (Å²) in [5, 5.41) is 26.2.